The number of hydrogen-bond acceptors (Lipinski definition) is 5. The van der Waals surface area contributed by atoms with Crippen LogP contribution in [0.1, 0.15) is 12.8 Å². The number of carbonyl (C=O) groups excluding carboxylic acids is 2. The molecule has 0 bridgehead atoms. The van der Waals surface area contributed by atoms with Gasteiger partial charge in [-0.2, -0.15) is 0 Å². The van der Waals surface area contributed by atoms with Crippen molar-refractivity contribution in [1.29, 1.82) is 0 Å². The van der Waals surface area contributed by atoms with E-state index in [9.17, 15) is 9.59 Å². The maximum atomic E-state index is 12.3. The number of carbonyl (C=O) groups is 2. The smallest absolute Gasteiger partial charge is 0.239 e. The topological polar surface area (TPSA) is 88.7 Å². The summed E-state index contributed by atoms with van der Waals surface area (Å²) in [6.07, 6.45) is 1.44. The van der Waals surface area contributed by atoms with Crippen LogP contribution in [-0.2, 0) is 19.1 Å². The van der Waals surface area contributed by atoms with E-state index in [1.807, 2.05) is 0 Å². The first kappa shape index (κ1) is 16.9. The van der Waals surface area contributed by atoms with Gasteiger partial charge >= 0.3 is 0 Å². The first-order valence-corrected chi connectivity index (χ1v) is 6.88. The Morgan fingerprint density at radius 2 is 1.85 bits per heavy atom. The van der Waals surface area contributed by atoms with Crippen LogP contribution in [0, 0.1) is 5.41 Å². The largest absolute Gasteiger partial charge is 0.384 e. The van der Waals surface area contributed by atoms with Crippen molar-refractivity contribution in [2.45, 2.75) is 12.8 Å². The molecule has 0 radical (unpaired) electrons. The number of nitrogens with one attached hydrogen (secondary N) is 3. The Hall–Kier alpha value is -1.18. The van der Waals surface area contributed by atoms with E-state index >= 15 is 0 Å². The quantitative estimate of drug-likeness (QED) is 0.492. The van der Waals surface area contributed by atoms with E-state index in [2.05, 4.69) is 16.0 Å². The van der Waals surface area contributed by atoms with E-state index in [-0.39, 0.29) is 18.4 Å². The van der Waals surface area contributed by atoms with Gasteiger partial charge in [0.25, 0.3) is 0 Å². The standard InChI is InChI=1S/C13H25N3O4/c1-19-8-7-15-11(17)9-16-12(18)13(10-20-2)3-5-14-6-4-13/h14H,3-10H2,1-2H3,(H,15,17)(H,16,18). The average Bonchev–Trinajstić information content (AvgIpc) is 2.46. The van der Waals surface area contributed by atoms with Crippen molar-refractivity contribution >= 4 is 11.8 Å². The van der Waals surface area contributed by atoms with Gasteiger partial charge in [-0.3, -0.25) is 9.59 Å². The molecule has 2 amide bonds. The third-order valence-corrected chi connectivity index (χ3v) is 3.50. The summed E-state index contributed by atoms with van der Waals surface area (Å²) in [4.78, 5) is 23.9. The van der Waals surface area contributed by atoms with E-state index < -0.39 is 5.41 Å². The molecule has 0 unspecified atom stereocenters. The molecule has 7 heteroatoms. The summed E-state index contributed by atoms with van der Waals surface area (Å²) >= 11 is 0. The molecule has 1 fully saturated rings. The van der Waals surface area contributed by atoms with Crippen LogP contribution in [0.4, 0.5) is 0 Å². The van der Waals surface area contributed by atoms with Crippen LogP contribution < -0.4 is 16.0 Å². The van der Waals surface area contributed by atoms with E-state index in [1.165, 1.54) is 0 Å². The first-order valence-electron chi connectivity index (χ1n) is 6.88. The molecular weight excluding hydrogens is 262 g/mol. The van der Waals surface area contributed by atoms with Crippen LogP contribution in [-0.4, -0.2) is 65.4 Å². The van der Waals surface area contributed by atoms with Crippen LogP contribution in [0.15, 0.2) is 0 Å². The van der Waals surface area contributed by atoms with Gasteiger partial charge < -0.3 is 25.4 Å². The highest BCUT2D eigenvalue weighted by molar-refractivity contribution is 5.88. The lowest BCUT2D eigenvalue weighted by atomic mass is 9.78. The molecule has 1 aliphatic rings. The summed E-state index contributed by atoms with van der Waals surface area (Å²) in [5, 5.41) is 8.59. The van der Waals surface area contributed by atoms with E-state index in [0.29, 0.717) is 19.8 Å². The molecule has 0 aliphatic carbocycles. The van der Waals surface area contributed by atoms with Crippen molar-refractivity contribution in [2.75, 3.05) is 53.6 Å². The molecule has 0 atom stereocenters. The zero-order chi connectivity index (χ0) is 14.8. The van der Waals surface area contributed by atoms with Gasteiger partial charge in [0.15, 0.2) is 0 Å². The minimum absolute atomic E-state index is 0.0125. The third kappa shape index (κ3) is 5.07. The molecular formula is C13H25N3O4. The van der Waals surface area contributed by atoms with Gasteiger partial charge in [0.05, 0.1) is 25.2 Å². The fourth-order valence-corrected chi connectivity index (χ4v) is 2.32. The lowest BCUT2D eigenvalue weighted by molar-refractivity contribution is -0.137. The molecule has 0 spiro atoms. The fourth-order valence-electron chi connectivity index (χ4n) is 2.32. The van der Waals surface area contributed by atoms with Crippen LogP contribution in [0.2, 0.25) is 0 Å². The monoisotopic (exact) mass is 287 g/mol. The molecule has 1 saturated heterocycles. The minimum Gasteiger partial charge on any atom is -0.384 e. The zero-order valence-corrected chi connectivity index (χ0v) is 12.3. The highest BCUT2D eigenvalue weighted by Gasteiger charge is 2.39. The predicted molar refractivity (Wildman–Crippen MR) is 74.3 cm³/mol. The summed E-state index contributed by atoms with van der Waals surface area (Å²) < 4.78 is 10.0. The van der Waals surface area contributed by atoms with E-state index in [1.54, 1.807) is 14.2 Å². The average molecular weight is 287 g/mol. The number of hydrogen-bond donors (Lipinski definition) is 3. The predicted octanol–water partition coefficient (Wildman–Crippen LogP) is -1.12. The highest BCUT2D eigenvalue weighted by atomic mass is 16.5. The summed E-state index contributed by atoms with van der Waals surface area (Å²) in [5.41, 5.74) is -0.521. The maximum Gasteiger partial charge on any atom is 0.239 e. The zero-order valence-electron chi connectivity index (χ0n) is 12.3. The Morgan fingerprint density at radius 1 is 1.15 bits per heavy atom. The van der Waals surface area contributed by atoms with Crippen molar-refractivity contribution in [3.05, 3.63) is 0 Å². The second-order valence-electron chi connectivity index (χ2n) is 4.99. The van der Waals surface area contributed by atoms with Crippen molar-refractivity contribution in [3.8, 4) is 0 Å². The molecule has 0 aromatic rings. The number of methoxy groups -OCH3 is 2. The lowest BCUT2D eigenvalue weighted by Crippen LogP contribution is -2.51. The van der Waals surface area contributed by atoms with Gasteiger partial charge in [-0.1, -0.05) is 0 Å². The van der Waals surface area contributed by atoms with Crippen LogP contribution in [0.3, 0.4) is 0 Å². The molecule has 1 heterocycles. The molecule has 3 N–H and O–H groups in total. The summed E-state index contributed by atoms with van der Waals surface area (Å²) in [5.74, 6) is -0.320. The number of amides is 2. The molecule has 1 aliphatic heterocycles. The molecule has 0 aromatic heterocycles. The first-order chi connectivity index (χ1) is 9.64. The Labute approximate surface area is 119 Å². The van der Waals surface area contributed by atoms with Crippen LogP contribution in [0.5, 0.6) is 0 Å². The van der Waals surface area contributed by atoms with Crippen molar-refractivity contribution in [1.82, 2.24) is 16.0 Å². The Morgan fingerprint density at radius 3 is 2.45 bits per heavy atom. The van der Waals surface area contributed by atoms with E-state index in [0.717, 1.165) is 25.9 Å². The fraction of sp³-hybridized carbons (Fsp3) is 0.846. The maximum absolute atomic E-state index is 12.3. The molecule has 1 rings (SSSR count). The van der Waals surface area contributed by atoms with Gasteiger partial charge in [-0.05, 0) is 25.9 Å². The lowest BCUT2D eigenvalue weighted by Gasteiger charge is -2.35. The summed E-state index contributed by atoms with van der Waals surface area (Å²) in [6, 6.07) is 0. The molecule has 0 aromatic carbocycles. The highest BCUT2D eigenvalue weighted by Crippen LogP contribution is 2.29. The summed E-state index contributed by atoms with van der Waals surface area (Å²) in [6.45, 7) is 2.85. The Bertz CT molecular complexity index is 311. The second kappa shape index (κ2) is 8.89. The van der Waals surface area contributed by atoms with Crippen LogP contribution in [0.25, 0.3) is 0 Å². The molecule has 0 saturated carbocycles. The third-order valence-electron chi connectivity index (χ3n) is 3.50. The van der Waals surface area contributed by atoms with E-state index in [4.69, 9.17) is 9.47 Å². The van der Waals surface area contributed by atoms with Crippen molar-refractivity contribution in [3.63, 3.8) is 0 Å². The number of piperidine rings is 1. The van der Waals surface area contributed by atoms with Gasteiger partial charge in [-0.25, -0.2) is 0 Å². The van der Waals surface area contributed by atoms with Gasteiger partial charge in [0, 0.05) is 20.8 Å². The molecule has 7 nitrogen and oxygen atoms in total. The Balaban J connectivity index is 2.40. The number of rotatable bonds is 8. The molecule has 20 heavy (non-hydrogen) atoms. The molecule has 116 valence electrons. The second-order valence-corrected chi connectivity index (χ2v) is 4.99. The van der Waals surface area contributed by atoms with Gasteiger partial charge in [0.1, 0.15) is 0 Å². The van der Waals surface area contributed by atoms with Gasteiger partial charge in [-0.15, -0.1) is 0 Å². The van der Waals surface area contributed by atoms with Gasteiger partial charge in [0.2, 0.25) is 11.8 Å². The minimum atomic E-state index is -0.521. The normalized spacial score (nSPS) is 17.5. The Kier molecular flexibility index (Phi) is 7.50. The van der Waals surface area contributed by atoms with Crippen molar-refractivity contribution in [2.24, 2.45) is 5.41 Å². The SMILES string of the molecule is COCCNC(=O)CNC(=O)C1(COC)CCNCC1. The van der Waals surface area contributed by atoms with Crippen LogP contribution >= 0.6 is 0 Å². The summed E-state index contributed by atoms with van der Waals surface area (Å²) in [7, 11) is 3.16. The number of ether oxygens (including phenoxy) is 2. The van der Waals surface area contributed by atoms with Crippen molar-refractivity contribution < 1.29 is 19.1 Å².